The summed E-state index contributed by atoms with van der Waals surface area (Å²) in [5, 5.41) is -0.0477. The Morgan fingerprint density at radius 1 is 1.24 bits per heavy atom. The topological polar surface area (TPSA) is 52.6 Å². The van der Waals surface area contributed by atoms with Crippen molar-refractivity contribution in [2.75, 3.05) is 13.4 Å². The van der Waals surface area contributed by atoms with E-state index in [1.165, 1.54) is 0 Å². The number of esters is 1. The molecule has 1 aromatic carbocycles. The molecule has 0 aliphatic heterocycles. The standard InChI is InChI=1S/C20H26O4S/c1-14-12-15(13-16(18(14)23-5)19(22)25-6)10-8-7-9-11-17(21)24-20(2,3)4/h12-13H,7,9,11H2,1-6H3. The highest BCUT2D eigenvalue weighted by molar-refractivity contribution is 8.13. The van der Waals surface area contributed by atoms with Crippen molar-refractivity contribution in [2.45, 2.75) is 52.6 Å². The van der Waals surface area contributed by atoms with Crippen molar-refractivity contribution in [3.05, 3.63) is 28.8 Å². The molecule has 0 spiro atoms. The van der Waals surface area contributed by atoms with E-state index in [9.17, 15) is 9.59 Å². The number of hydrogen-bond acceptors (Lipinski definition) is 5. The number of rotatable bonds is 5. The summed E-state index contributed by atoms with van der Waals surface area (Å²) in [7, 11) is 1.56. The Bertz CT molecular complexity index is 690. The molecule has 0 saturated heterocycles. The van der Waals surface area contributed by atoms with Gasteiger partial charge >= 0.3 is 5.97 Å². The molecule has 0 amide bonds. The molecule has 5 heteroatoms. The van der Waals surface area contributed by atoms with Gasteiger partial charge in [-0.2, -0.15) is 0 Å². The van der Waals surface area contributed by atoms with Crippen LogP contribution in [0.3, 0.4) is 0 Å². The van der Waals surface area contributed by atoms with Gasteiger partial charge in [-0.3, -0.25) is 9.59 Å². The summed E-state index contributed by atoms with van der Waals surface area (Å²) in [5.74, 6) is 6.50. The van der Waals surface area contributed by atoms with E-state index >= 15 is 0 Å². The number of methoxy groups -OCH3 is 1. The highest BCUT2D eigenvalue weighted by Gasteiger charge is 2.16. The molecule has 0 saturated carbocycles. The number of ether oxygens (including phenoxy) is 2. The third kappa shape index (κ3) is 7.23. The van der Waals surface area contributed by atoms with E-state index in [4.69, 9.17) is 9.47 Å². The van der Waals surface area contributed by atoms with Crippen LogP contribution in [-0.2, 0) is 9.53 Å². The normalized spacial score (nSPS) is 10.6. The molecule has 0 fully saturated rings. The van der Waals surface area contributed by atoms with Crippen LogP contribution < -0.4 is 4.74 Å². The van der Waals surface area contributed by atoms with Gasteiger partial charge < -0.3 is 9.47 Å². The number of thioether (sulfide) groups is 1. The molecule has 0 bridgehead atoms. The minimum atomic E-state index is -0.455. The minimum absolute atomic E-state index is 0.0477. The second kappa shape index (κ2) is 9.53. The summed E-state index contributed by atoms with van der Waals surface area (Å²) in [4.78, 5) is 23.7. The number of unbranched alkanes of at least 4 members (excludes halogenated alkanes) is 1. The third-order valence-corrected chi connectivity index (χ3v) is 3.81. The smallest absolute Gasteiger partial charge is 0.306 e. The molecular formula is C20H26O4S. The van der Waals surface area contributed by atoms with Crippen molar-refractivity contribution in [3.63, 3.8) is 0 Å². The van der Waals surface area contributed by atoms with Crippen LogP contribution in [0.25, 0.3) is 0 Å². The molecule has 1 rings (SSSR count). The Morgan fingerprint density at radius 2 is 1.92 bits per heavy atom. The lowest BCUT2D eigenvalue weighted by Gasteiger charge is -2.19. The zero-order valence-electron chi connectivity index (χ0n) is 15.8. The Balaban J connectivity index is 2.72. The lowest BCUT2D eigenvalue weighted by atomic mass is 10.1. The first kappa shape index (κ1) is 21.1. The molecule has 0 aliphatic carbocycles. The van der Waals surface area contributed by atoms with E-state index in [1.54, 1.807) is 19.4 Å². The van der Waals surface area contributed by atoms with Gasteiger partial charge in [0, 0.05) is 18.4 Å². The molecule has 0 heterocycles. The van der Waals surface area contributed by atoms with Crippen LogP contribution in [-0.4, -0.2) is 30.1 Å². The zero-order chi connectivity index (χ0) is 19.0. The van der Waals surface area contributed by atoms with Gasteiger partial charge in [0.25, 0.3) is 0 Å². The summed E-state index contributed by atoms with van der Waals surface area (Å²) < 4.78 is 10.6. The summed E-state index contributed by atoms with van der Waals surface area (Å²) in [6.45, 7) is 7.45. The monoisotopic (exact) mass is 362 g/mol. The first-order valence-electron chi connectivity index (χ1n) is 8.15. The van der Waals surface area contributed by atoms with Crippen LogP contribution in [0.15, 0.2) is 12.1 Å². The highest BCUT2D eigenvalue weighted by atomic mass is 32.2. The van der Waals surface area contributed by atoms with E-state index in [0.717, 1.165) is 22.9 Å². The molecule has 0 aromatic heterocycles. The van der Waals surface area contributed by atoms with Gasteiger partial charge in [0.1, 0.15) is 11.4 Å². The van der Waals surface area contributed by atoms with Crippen molar-refractivity contribution in [3.8, 4) is 17.6 Å². The number of carbonyl (C=O) groups is 2. The second-order valence-corrected chi connectivity index (χ2v) is 7.39. The third-order valence-electron chi connectivity index (χ3n) is 3.22. The van der Waals surface area contributed by atoms with Gasteiger partial charge in [0.05, 0.1) is 12.7 Å². The van der Waals surface area contributed by atoms with E-state index in [2.05, 4.69) is 11.8 Å². The maximum absolute atomic E-state index is 12.0. The van der Waals surface area contributed by atoms with Crippen LogP contribution in [0.1, 0.15) is 61.5 Å². The van der Waals surface area contributed by atoms with Gasteiger partial charge in [0.15, 0.2) is 0 Å². The lowest BCUT2D eigenvalue weighted by Crippen LogP contribution is -2.23. The van der Waals surface area contributed by atoms with Crippen molar-refractivity contribution in [1.82, 2.24) is 0 Å². The van der Waals surface area contributed by atoms with E-state index in [-0.39, 0.29) is 11.1 Å². The first-order chi connectivity index (χ1) is 11.7. The number of hydrogen-bond donors (Lipinski definition) is 0. The SMILES string of the molecule is COc1c(C)cc(C#CCCCC(=O)OC(C)(C)C)cc1C(=O)SC. The maximum atomic E-state index is 12.0. The first-order valence-corrected chi connectivity index (χ1v) is 9.38. The average molecular weight is 362 g/mol. The van der Waals surface area contributed by atoms with E-state index < -0.39 is 5.60 Å². The fraction of sp³-hybridized carbons (Fsp3) is 0.500. The molecule has 4 nitrogen and oxygen atoms in total. The van der Waals surface area contributed by atoms with Crippen LogP contribution in [0, 0.1) is 18.8 Å². The van der Waals surface area contributed by atoms with Crippen LogP contribution in [0.2, 0.25) is 0 Å². The molecule has 1 aromatic rings. The van der Waals surface area contributed by atoms with Crippen molar-refractivity contribution >= 4 is 22.8 Å². The largest absolute Gasteiger partial charge is 0.496 e. The summed E-state index contributed by atoms with van der Waals surface area (Å²) >= 11 is 1.15. The van der Waals surface area contributed by atoms with Crippen LogP contribution in [0.5, 0.6) is 5.75 Å². The Hall–Kier alpha value is -1.93. The molecule has 136 valence electrons. The summed E-state index contributed by atoms with van der Waals surface area (Å²) in [6, 6.07) is 3.66. The van der Waals surface area contributed by atoms with Gasteiger partial charge in [-0.15, -0.1) is 0 Å². The number of benzene rings is 1. The lowest BCUT2D eigenvalue weighted by molar-refractivity contribution is -0.154. The highest BCUT2D eigenvalue weighted by Crippen LogP contribution is 2.27. The van der Waals surface area contributed by atoms with Gasteiger partial charge in [-0.25, -0.2) is 0 Å². The molecule has 0 N–H and O–H groups in total. The van der Waals surface area contributed by atoms with E-state index in [0.29, 0.717) is 30.6 Å². The van der Waals surface area contributed by atoms with Crippen LogP contribution in [0.4, 0.5) is 0 Å². The number of carbonyl (C=O) groups excluding carboxylic acids is 2. The zero-order valence-corrected chi connectivity index (χ0v) is 16.6. The molecule has 0 radical (unpaired) electrons. The van der Waals surface area contributed by atoms with Gasteiger partial charge in [0.2, 0.25) is 5.12 Å². The Morgan fingerprint density at radius 3 is 2.48 bits per heavy atom. The minimum Gasteiger partial charge on any atom is -0.496 e. The molecule has 0 atom stereocenters. The van der Waals surface area contributed by atoms with Crippen LogP contribution >= 0.6 is 11.8 Å². The van der Waals surface area contributed by atoms with Crippen molar-refractivity contribution in [1.29, 1.82) is 0 Å². The Labute approximate surface area is 154 Å². The summed E-state index contributed by atoms with van der Waals surface area (Å²) in [5.41, 5.74) is 1.73. The van der Waals surface area contributed by atoms with Crippen molar-refractivity contribution < 1.29 is 19.1 Å². The molecule has 0 aliphatic rings. The fourth-order valence-electron chi connectivity index (χ4n) is 2.26. The predicted octanol–water partition coefficient (Wildman–Crippen LogP) is 4.37. The molecule has 25 heavy (non-hydrogen) atoms. The second-order valence-electron chi connectivity index (χ2n) is 6.61. The maximum Gasteiger partial charge on any atom is 0.306 e. The Kier molecular flexibility index (Phi) is 8.05. The molecular weight excluding hydrogens is 336 g/mol. The van der Waals surface area contributed by atoms with Gasteiger partial charge in [-0.1, -0.05) is 23.6 Å². The fourth-order valence-corrected chi connectivity index (χ4v) is 2.63. The molecule has 0 unspecified atom stereocenters. The summed E-state index contributed by atoms with van der Waals surface area (Å²) in [6.07, 6.45) is 3.33. The van der Waals surface area contributed by atoms with E-state index in [1.807, 2.05) is 33.8 Å². The number of aryl methyl sites for hydroxylation is 1. The average Bonchev–Trinajstić information content (AvgIpc) is 2.51. The quantitative estimate of drug-likeness (QED) is 0.442. The predicted molar refractivity (Wildman–Crippen MR) is 102 cm³/mol. The van der Waals surface area contributed by atoms with Crippen molar-refractivity contribution in [2.24, 2.45) is 0 Å². The van der Waals surface area contributed by atoms with Gasteiger partial charge in [-0.05, 0) is 58.1 Å².